The smallest absolute Gasteiger partial charge is 0.293 e. The highest BCUT2D eigenvalue weighted by Crippen LogP contribution is 2.40. The second-order valence-electron chi connectivity index (χ2n) is 7.60. The van der Waals surface area contributed by atoms with Gasteiger partial charge in [0, 0.05) is 15.6 Å². The number of thioether (sulfide) groups is 1. The zero-order valence-electron chi connectivity index (χ0n) is 18.8. The van der Waals surface area contributed by atoms with E-state index in [4.69, 9.17) is 44.3 Å². The van der Waals surface area contributed by atoms with Crippen molar-refractivity contribution < 1.29 is 19.1 Å². The van der Waals surface area contributed by atoms with Crippen LogP contribution >= 0.6 is 46.6 Å². The molecular formula is C26H17Cl3N2O4S. The lowest BCUT2D eigenvalue weighted by Gasteiger charge is -2.14. The molecular weight excluding hydrogens is 543 g/mol. The molecule has 1 aliphatic rings. The van der Waals surface area contributed by atoms with Crippen molar-refractivity contribution in [3.63, 3.8) is 0 Å². The fourth-order valence-corrected chi connectivity index (χ4v) is 5.06. The normalized spacial score (nSPS) is 14.3. The van der Waals surface area contributed by atoms with Crippen molar-refractivity contribution in [1.82, 2.24) is 4.90 Å². The van der Waals surface area contributed by atoms with E-state index in [0.717, 1.165) is 16.7 Å². The molecule has 36 heavy (non-hydrogen) atoms. The predicted molar refractivity (Wildman–Crippen MR) is 141 cm³/mol. The SMILES string of the molecule is COc1cc(/C=C2\SC(=O)N(Cc3ccc(Cl)cc3Cl)C2=O)cc(Cl)c1OCc1ccccc1C#N. The number of amides is 2. The number of hydrogen-bond donors (Lipinski definition) is 0. The minimum absolute atomic E-state index is 0.0268. The predicted octanol–water partition coefficient (Wildman–Crippen LogP) is 7.34. The third kappa shape index (κ3) is 5.63. The number of ether oxygens (including phenoxy) is 2. The van der Waals surface area contributed by atoms with Crippen LogP contribution in [0.2, 0.25) is 15.1 Å². The third-order valence-electron chi connectivity index (χ3n) is 5.28. The molecule has 3 aromatic rings. The quantitative estimate of drug-likeness (QED) is 0.282. The van der Waals surface area contributed by atoms with E-state index in [0.29, 0.717) is 43.8 Å². The molecule has 182 valence electrons. The Kier molecular flexibility index (Phi) is 8.12. The van der Waals surface area contributed by atoms with Crippen LogP contribution in [-0.2, 0) is 17.9 Å². The van der Waals surface area contributed by atoms with Crippen LogP contribution in [0.4, 0.5) is 4.79 Å². The van der Waals surface area contributed by atoms with Crippen molar-refractivity contribution in [2.24, 2.45) is 0 Å². The summed E-state index contributed by atoms with van der Waals surface area (Å²) in [6.45, 7) is 0.143. The minimum atomic E-state index is -0.445. The summed E-state index contributed by atoms with van der Waals surface area (Å²) in [6.07, 6.45) is 1.57. The monoisotopic (exact) mass is 558 g/mol. The molecule has 3 aromatic carbocycles. The molecule has 10 heteroatoms. The Balaban J connectivity index is 1.55. The average Bonchev–Trinajstić information content (AvgIpc) is 3.12. The maximum atomic E-state index is 13.0. The molecule has 1 aliphatic heterocycles. The lowest BCUT2D eigenvalue weighted by molar-refractivity contribution is -0.123. The van der Waals surface area contributed by atoms with Crippen LogP contribution < -0.4 is 9.47 Å². The van der Waals surface area contributed by atoms with E-state index < -0.39 is 11.1 Å². The number of carbonyl (C=O) groups is 2. The van der Waals surface area contributed by atoms with Crippen LogP contribution in [0, 0.1) is 11.3 Å². The molecule has 0 radical (unpaired) electrons. The zero-order chi connectivity index (χ0) is 25.8. The first-order chi connectivity index (χ1) is 17.3. The Bertz CT molecular complexity index is 1440. The summed E-state index contributed by atoms with van der Waals surface area (Å²) >= 11 is 19.4. The molecule has 0 aliphatic carbocycles. The average molecular weight is 560 g/mol. The van der Waals surface area contributed by atoms with Crippen molar-refractivity contribution in [3.8, 4) is 17.6 Å². The molecule has 0 spiro atoms. The van der Waals surface area contributed by atoms with Gasteiger partial charge in [-0.25, -0.2) is 0 Å². The molecule has 6 nitrogen and oxygen atoms in total. The standard InChI is InChI=1S/C26H17Cl3N2O4S/c1-34-22-9-15(8-21(29)24(22)35-14-18-5-3-2-4-16(18)12-30)10-23-25(32)31(26(33)36-23)13-17-6-7-19(27)11-20(17)28/h2-11H,13-14H2,1H3/b23-10-. The maximum absolute atomic E-state index is 13.0. The number of imide groups is 1. The maximum Gasteiger partial charge on any atom is 0.293 e. The summed E-state index contributed by atoms with van der Waals surface area (Å²) in [5, 5.41) is 9.95. The van der Waals surface area contributed by atoms with Crippen molar-refractivity contribution in [3.05, 3.63) is 96.8 Å². The van der Waals surface area contributed by atoms with E-state index in [-0.39, 0.29) is 23.1 Å². The third-order valence-corrected chi connectivity index (χ3v) is 7.05. The molecule has 0 N–H and O–H groups in total. The highest BCUT2D eigenvalue weighted by molar-refractivity contribution is 8.18. The van der Waals surface area contributed by atoms with Gasteiger partial charge < -0.3 is 9.47 Å². The highest BCUT2D eigenvalue weighted by Gasteiger charge is 2.35. The van der Waals surface area contributed by atoms with E-state index in [1.54, 1.807) is 54.6 Å². The summed E-state index contributed by atoms with van der Waals surface area (Å²) in [4.78, 5) is 26.9. The van der Waals surface area contributed by atoms with Gasteiger partial charge in [-0.1, -0.05) is 59.1 Å². The van der Waals surface area contributed by atoms with E-state index in [9.17, 15) is 14.9 Å². The van der Waals surface area contributed by atoms with Crippen LogP contribution in [0.1, 0.15) is 22.3 Å². The van der Waals surface area contributed by atoms with Crippen molar-refractivity contribution in [1.29, 1.82) is 5.26 Å². The molecule has 0 atom stereocenters. The van der Waals surface area contributed by atoms with Gasteiger partial charge in [0.1, 0.15) is 6.61 Å². The van der Waals surface area contributed by atoms with Crippen molar-refractivity contribution in [2.45, 2.75) is 13.2 Å². The number of methoxy groups -OCH3 is 1. The lowest BCUT2D eigenvalue weighted by atomic mass is 10.1. The molecule has 1 saturated heterocycles. The van der Waals surface area contributed by atoms with Gasteiger partial charge in [0.2, 0.25) is 0 Å². The zero-order valence-corrected chi connectivity index (χ0v) is 21.8. The summed E-state index contributed by atoms with van der Waals surface area (Å²) < 4.78 is 11.3. The second-order valence-corrected chi connectivity index (χ2v) is 9.84. The number of rotatable bonds is 7. The highest BCUT2D eigenvalue weighted by atomic mass is 35.5. The van der Waals surface area contributed by atoms with Crippen LogP contribution in [-0.4, -0.2) is 23.2 Å². The van der Waals surface area contributed by atoms with Crippen molar-refractivity contribution >= 4 is 63.8 Å². The number of nitrogens with zero attached hydrogens (tertiary/aromatic N) is 2. The van der Waals surface area contributed by atoms with Crippen LogP contribution in [0.3, 0.4) is 0 Å². The summed E-state index contributed by atoms with van der Waals surface area (Å²) in [6, 6.07) is 17.4. The lowest BCUT2D eigenvalue weighted by Crippen LogP contribution is -2.27. The molecule has 0 saturated carbocycles. The summed E-state index contributed by atoms with van der Waals surface area (Å²) in [7, 11) is 1.47. The number of halogens is 3. The Morgan fingerprint density at radius 3 is 2.53 bits per heavy atom. The number of benzene rings is 3. The van der Waals surface area contributed by atoms with Crippen molar-refractivity contribution in [2.75, 3.05) is 7.11 Å². The Hall–Kier alpha value is -3.15. The van der Waals surface area contributed by atoms with Gasteiger partial charge in [0.15, 0.2) is 11.5 Å². The van der Waals surface area contributed by atoms with Gasteiger partial charge in [-0.3, -0.25) is 14.5 Å². The Morgan fingerprint density at radius 2 is 1.81 bits per heavy atom. The number of nitriles is 1. The summed E-state index contributed by atoms with van der Waals surface area (Å²) in [5.74, 6) is 0.199. The summed E-state index contributed by atoms with van der Waals surface area (Å²) in [5.41, 5.74) is 2.36. The van der Waals surface area contributed by atoms with Crippen LogP contribution in [0.5, 0.6) is 11.5 Å². The van der Waals surface area contributed by atoms with Gasteiger partial charge in [-0.05, 0) is 59.3 Å². The Morgan fingerprint density at radius 1 is 1.03 bits per heavy atom. The largest absolute Gasteiger partial charge is 0.493 e. The van der Waals surface area contributed by atoms with Gasteiger partial charge in [0.05, 0.1) is 35.2 Å². The molecule has 0 unspecified atom stereocenters. The molecule has 4 rings (SSSR count). The fourth-order valence-electron chi connectivity index (χ4n) is 3.48. The topological polar surface area (TPSA) is 79.6 Å². The van der Waals surface area contributed by atoms with E-state index in [1.165, 1.54) is 7.11 Å². The molecule has 2 amide bonds. The molecule has 1 heterocycles. The number of hydrogen-bond acceptors (Lipinski definition) is 6. The Labute approximate surface area is 227 Å². The first-order valence-corrected chi connectivity index (χ1v) is 12.4. The fraction of sp³-hybridized carbons (Fsp3) is 0.115. The van der Waals surface area contributed by atoms with Gasteiger partial charge >= 0.3 is 0 Å². The van der Waals surface area contributed by atoms with Crippen LogP contribution in [0.15, 0.2) is 59.5 Å². The first kappa shape index (κ1) is 25.9. The van der Waals surface area contributed by atoms with Gasteiger partial charge in [-0.2, -0.15) is 5.26 Å². The minimum Gasteiger partial charge on any atom is -0.493 e. The molecule has 1 fully saturated rings. The second kappa shape index (κ2) is 11.3. The number of carbonyl (C=O) groups excluding carboxylic acids is 2. The van der Waals surface area contributed by atoms with Gasteiger partial charge in [-0.15, -0.1) is 0 Å². The van der Waals surface area contributed by atoms with E-state index >= 15 is 0 Å². The molecule has 0 bridgehead atoms. The van der Waals surface area contributed by atoms with E-state index in [1.807, 2.05) is 6.07 Å². The van der Waals surface area contributed by atoms with E-state index in [2.05, 4.69) is 6.07 Å². The molecule has 0 aromatic heterocycles. The first-order valence-electron chi connectivity index (χ1n) is 10.5. The van der Waals surface area contributed by atoms with Gasteiger partial charge in [0.25, 0.3) is 11.1 Å². The van der Waals surface area contributed by atoms with Crippen LogP contribution in [0.25, 0.3) is 6.08 Å².